The predicted octanol–water partition coefficient (Wildman–Crippen LogP) is 2.92. The number of hydrogen-bond acceptors (Lipinski definition) is 9. The van der Waals surface area contributed by atoms with Crippen LogP contribution in [0.2, 0.25) is 0 Å². The number of rotatable bonds is 8. The summed E-state index contributed by atoms with van der Waals surface area (Å²) in [7, 11) is 0. The third-order valence-electron chi connectivity index (χ3n) is 4.39. The molecule has 0 unspecified atom stereocenters. The summed E-state index contributed by atoms with van der Waals surface area (Å²) in [6.07, 6.45) is 0. The monoisotopic (exact) mass is 434 g/mol. The third-order valence-corrected chi connectivity index (χ3v) is 4.39. The molecule has 0 spiro atoms. The van der Waals surface area contributed by atoms with E-state index in [0.29, 0.717) is 17.0 Å². The number of amides is 1. The highest BCUT2D eigenvalue weighted by atomic mass is 16.5. The fourth-order valence-electron chi connectivity index (χ4n) is 2.95. The normalized spacial score (nSPS) is 10.7. The van der Waals surface area contributed by atoms with Gasteiger partial charge in [0, 0.05) is 5.56 Å². The number of nitrogens with zero attached hydrogens (tertiary/aromatic N) is 3. The predicted molar refractivity (Wildman–Crippen MR) is 110 cm³/mol. The molecule has 0 aliphatic carbocycles. The number of benzene rings is 2. The van der Waals surface area contributed by atoms with Crippen LogP contribution in [0.25, 0.3) is 22.7 Å². The first-order chi connectivity index (χ1) is 15.5. The maximum absolute atomic E-state index is 12.5. The number of hydrogen-bond donors (Lipinski definition) is 1. The molecule has 0 radical (unpaired) electrons. The first-order valence-corrected chi connectivity index (χ1v) is 9.54. The molecule has 0 bridgehead atoms. The summed E-state index contributed by atoms with van der Waals surface area (Å²) < 4.78 is 21.5. The number of para-hydroxylation sites is 1. The molecular formula is C22H18N4O6. The summed E-state index contributed by atoms with van der Waals surface area (Å²) in [4.78, 5) is 23.4. The molecule has 2 aromatic heterocycles. The lowest BCUT2D eigenvalue weighted by molar-refractivity contribution is -0.119. The number of aryl methyl sites for hydroxylation is 1. The Kier molecular flexibility index (Phi) is 5.93. The van der Waals surface area contributed by atoms with E-state index in [0.717, 1.165) is 5.56 Å². The van der Waals surface area contributed by atoms with Gasteiger partial charge in [0.1, 0.15) is 28.3 Å². The van der Waals surface area contributed by atoms with Gasteiger partial charge in [-0.1, -0.05) is 47.6 Å². The van der Waals surface area contributed by atoms with Crippen LogP contribution in [-0.4, -0.2) is 33.8 Å². The Morgan fingerprint density at radius 2 is 1.78 bits per heavy atom. The number of primary amides is 1. The van der Waals surface area contributed by atoms with Crippen LogP contribution >= 0.6 is 0 Å². The van der Waals surface area contributed by atoms with E-state index >= 15 is 0 Å². The van der Waals surface area contributed by atoms with Crippen molar-refractivity contribution in [3.63, 3.8) is 0 Å². The Labute approximate surface area is 181 Å². The quantitative estimate of drug-likeness (QED) is 0.414. The Morgan fingerprint density at radius 3 is 2.56 bits per heavy atom. The van der Waals surface area contributed by atoms with E-state index in [4.69, 9.17) is 24.1 Å². The number of aromatic nitrogens is 3. The molecule has 2 aromatic carbocycles. The average molecular weight is 434 g/mol. The molecule has 162 valence electrons. The zero-order valence-corrected chi connectivity index (χ0v) is 17.0. The Bertz CT molecular complexity index is 1250. The smallest absolute Gasteiger partial charge is 0.342 e. The van der Waals surface area contributed by atoms with Gasteiger partial charge in [-0.05, 0) is 19.1 Å². The van der Waals surface area contributed by atoms with Crippen LogP contribution in [0.4, 0.5) is 0 Å². The highest BCUT2D eigenvalue weighted by molar-refractivity contribution is 5.92. The standard InChI is InChI=1S/C22H18N4O6/c1-13-19(20(26-32-13)14-7-3-2-4-8-14)21-25-24-18(31-21)12-30-22(28)15-9-5-6-10-16(15)29-11-17(23)27/h2-10H,11-12H2,1H3,(H2,23,27). The zero-order valence-electron chi connectivity index (χ0n) is 17.0. The summed E-state index contributed by atoms with van der Waals surface area (Å²) in [5.41, 5.74) is 7.18. The second-order valence-electron chi connectivity index (χ2n) is 6.66. The van der Waals surface area contributed by atoms with Crippen molar-refractivity contribution < 1.29 is 28.0 Å². The van der Waals surface area contributed by atoms with Gasteiger partial charge < -0.3 is 24.1 Å². The fourth-order valence-corrected chi connectivity index (χ4v) is 2.95. The summed E-state index contributed by atoms with van der Waals surface area (Å²) in [5, 5.41) is 12.1. The van der Waals surface area contributed by atoms with Crippen LogP contribution in [0.15, 0.2) is 63.5 Å². The molecule has 4 rings (SSSR count). The highest BCUT2D eigenvalue weighted by Crippen LogP contribution is 2.33. The molecule has 0 aliphatic rings. The molecule has 1 amide bonds. The van der Waals surface area contributed by atoms with Crippen molar-refractivity contribution in [2.75, 3.05) is 6.61 Å². The van der Waals surface area contributed by atoms with Crippen LogP contribution in [0.1, 0.15) is 22.0 Å². The first-order valence-electron chi connectivity index (χ1n) is 9.54. The van der Waals surface area contributed by atoms with Crippen molar-refractivity contribution in [2.45, 2.75) is 13.5 Å². The molecule has 0 saturated carbocycles. The summed E-state index contributed by atoms with van der Waals surface area (Å²) in [6.45, 7) is 1.11. The summed E-state index contributed by atoms with van der Waals surface area (Å²) in [6, 6.07) is 15.8. The van der Waals surface area contributed by atoms with E-state index in [9.17, 15) is 9.59 Å². The van der Waals surface area contributed by atoms with E-state index < -0.39 is 11.9 Å². The second-order valence-corrected chi connectivity index (χ2v) is 6.66. The Hall–Kier alpha value is -4.47. The van der Waals surface area contributed by atoms with Gasteiger partial charge >= 0.3 is 5.97 Å². The summed E-state index contributed by atoms with van der Waals surface area (Å²) >= 11 is 0. The van der Waals surface area contributed by atoms with Gasteiger partial charge in [0.15, 0.2) is 13.2 Å². The minimum Gasteiger partial charge on any atom is -0.483 e. The van der Waals surface area contributed by atoms with E-state index in [2.05, 4.69) is 15.4 Å². The Balaban J connectivity index is 1.48. The molecule has 0 fully saturated rings. The van der Waals surface area contributed by atoms with Crippen molar-refractivity contribution >= 4 is 11.9 Å². The summed E-state index contributed by atoms with van der Waals surface area (Å²) in [5.74, 6) is -0.379. The molecule has 0 atom stereocenters. The van der Waals surface area contributed by atoms with Crippen LogP contribution in [0.3, 0.4) is 0 Å². The average Bonchev–Trinajstić information content (AvgIpc) is 3.43. The van der Waals surface area contributed by atoms with Crippen molar-refractivity contribution in [1.82, 2.24) is 15.4 Å². The molecule has 4 aromatic rings. The van der Waals surface area contributed by atoms with Gasteiger partial charge in [0.25, 0.3) is 17.7 Å². The zero-order chi connectivity index (χ0) is 22.5. The first kappa shape index (κ1) is 20.8. The lowest BCUT2D eigenvalue weighted by atomic mass is 10.1. The van der Waals surface area contributed by atoms with Crippen molar-refractivity contribution in [3.8, 4) is 28.5 Å². The molecule has 10 nitrogen and oxygen atoms in total. The number of nitrogens with two attached hydrogens (primary N) is 1. The van der Waals surface area contributed by atoms with Crippen molar-refractivity contribution in [1.29, 1.82) is 0 Å². The molecule has 32 heavy (non-hydrogen) atoms. The van der Waals surface area contributed by atoms with E-state index in [1.54, 1.807) is 19.1 Å². The molecule has 0 saturated heterocycles. The van der Waals surface area contributed by atoms with Crippen LogP contribution in [0, 0.1) is 6.92 Å². The van der Waals surface area contributed by atoms with Gasteiger partial charge in [-0.15, -0.1) is 10.2 Å². The maximum atomic E-state index is 12.5. The number of ether oxygens (including phenoxy) is 2. The fraction of sp³-hybridized carbons (Fsp3) is 0.136. The van der Waals surface area contributed by atoms with Gasteiger partial charge in [-0.3, -0.25) is 4.79 Å². The molecule has 10 heteroatoms. The second kappa shape index (κ2) is 9.13. The number of esters is 1. The third kappa shape index (κ3) is 4.48. The highest BCUT2D eigenvalue weighted by Gasteiger charge is 2.22. The van der Waals surface area contributed by atoms with Gasteiger partial charge in [0.2, 0.25) is 0 Å². The van der Waals surface area contributed by atoms with Gasteiger partial charge in [-0.2, -0.15) is 0 Å². The van der Waals surface area contributed by atoms with Gasteiger partial charge in [0.05, 0.1) is 0 Å². The van der Waals surface area contributed by atoms with Crippen molar-refractivity contribution in [2.24, 2.45) is 5.73 Å². The number of carbonyl (C=O) groups excluding carboxylic acids is 2. The Morgan fingerprint density at radius 1 is 1.03 bits per heavy atom. The molecule has 2 heterocycles. The van der Waals surface area contributed by atoms with Crippen LogP contribution < -0.4 is 10.5 Å². The lowest BCUT2D eigenvalue weighted by Crippen LogP contribution is -2.21. The van der Waals surface area contributed by atoms with E-state index in [1.165, 1.54) is 12.1 Å². The largest absolute Gasteiger partial charge is 0.483 e. The maximum Gasteiger partial charge on any atom is 0.342 e. The SMILES string of the molecule is Cc1onc(-c2ccccc2)c1-c1nnc(COC(=O)c2ccccc2OCC(N)=O)o1. The molecular weight excluding hydrogens is 416 g/mol. The molecule has 0 aliphatic heterocycles. The lowest BCUT2D eigenvalue weighted by Gasteiger charge is -2.09. The molecule has 2 N–H and O–H groups in total. The van der Waals surface area contributed by atoms with E-state index in [1.807, 2.05) is 30.3 Å². The van der Waals surface area contributed by atoms with Gasteiger partial charge in [-0.25, -0.2) is 4.79 Å². The van der Waals surface area contributed by atoms with Crippen molar-refractivity contribution in [3.05, 3.63) is 71.8 Å². The minimum atomic E-state index is -0.684. The van der Waals surface area contributed by atoms with Crippen LogP contribution in [-0.2, 0) is 16.1 Å². The minimum absolute atomic E-state index is 0.0866. The topological polar surface area (TPSA) is 144 Å². The van der Waals surface area contributed by atoms with E-state index in [-0.39, 0.29) is 36.3 Å². The van der Waals surface area contributed by atoms with Crippen LogP contribution in [0.5, 0.6) is 5.75 Å². The number of carbonyl (C=O) groups is 2.